The van der Waals surface area contributed by atoms with Gasteiger partial charge < -0.3 is 10.1 Å². The molecule has 1 amide bonds. The summed E-state index contributed by atoms with van der Waals surface area (Å²) >= 11 is 4.26. The molecule has 0 spiro atoms. The van der Waals surface area contributed by atoms with Crippen LogP contribution in [-0.4, -0.2) is 34.2 Å². The molecule has 2 aromatic carbocycles. The smallest absolute Gasteiger partial charge is 0.341 e. The van der Waals surface area contributed by atoms with Crippen molar-refractivity contribution in [3.63, 3.8) is 0 Å². The SMILES string of the molecule is CCOC(=O)c1cc(-c2ccccc2)sc1NC(=O)CSc1ncnc2scc(-c3ccccc3)c12. The summed E-state index contributed by atoms with van der Waals surface area (Å²) in [6, 6.07) is 21.6. The third kappa shape index (κ3) is 5.18. The second-order valence-corrected chi connectivity index (χ2v) is 10.5. The summed E-state index contributed by atoms with van der Waals surface area (Å²) in [5.74, 6) is -0.547. The summed E-state index contributed by atoms with van der Waals surface area (Å²) in [4.78, 5) is 36.2. The molecular weight excluding hydrogens is 511 g/mol. The molecule has 5 rings (SSSR count). The first-order valence-electron chi connectivity index (χ1n) is 11.2. The molecule has 0 aliphatic carbocycles. The molecule has 0 aliphatic rings. The monoisotopic (exact) mass is 531 g/mol. The van der Waals surface area contributed by atoms with Crippen molar-refractivity contribution in [1.82, 2.24) is 9.97 Å². The molecular formula is C27H21N3O3S3. The van der Waals surface area contributed by atoms with E-state index in [2.05, 4.69) is 20.7 Å². The van der Waals surface area contributed by atoms with Crippen LogP contribution in [0.4, 0.5) is 5.00 Å². The fourth-order valence-corrected chi connectivity index (χ4v) is 6.53. The lowest BCUT2D eigenvalue weighted by Gasteiger charge is -2.07. The fourth-order valence-electron chi connectivity index (χ4n) is 3.67. The Bertz CT molecular complexity index is 1510. The number of rotatable bonds is 8. The van der Waals surface area contributed by atoms with E-state index in [-0.39, 0.29) is 18.3 Å². The summed E-state index contributed by atoms with van der Waals surface area (Å²) in [7, 11) is 0. The van der Waals surface area contributed by atoms with Gasteiger partial charge in [0.2, 0.25) is 5.91 Å². The van der Waals surface area contributed by atoms with Crippen LogP contribution in [0.2, 0.25) is 0 Å². The Morgan fingerprint density at radius 2 is 1.72 bits per heavy atom. The van der Waals surface area contributed by atoms with Gasteiger partial charge in [0.25, 0.3) is 0 Å². The van der Waals surface area contributed by atoms with Gasteiger partial charge >= 0.3 is 5.97 Å². The summed E-state index contributed by atoms with van der Waals surface area (Å²) in [5.41, 5.74) is 3.45. The van der Waals surface area contributed by atoms with Gasteiger partial charge in [0.1, 0.15) is 21.2 Å². The first kappa shape index (κ1) is 24.2. The van der Waals surface area contributed by atoms with E-state index in [9.17, 15) is 9.59 Å². The minimum atomic E-state index is -0.456. The number of benzene rings is 2. The summed E-state index contributed by atoms with van der Waals surface area (Å²) < 4.78 is 5.22. The van der Waals surface area contributed by atoms with Crippen LogP contribution in [0.15, 0.2) is 83.5 Å². The zero-order chi connectivity index (χ0) is 24.9. The fraction of sp³-hybridized carbons (Fsp3) is 0.111. The van der Waals surface area contributed by atoms with E-state index in [0.717, 1.165) is 36.8 Å². The molecule has 0 radical (unpaired) electrons. The van der Waals surface area contributed by atoms with Gasteiger partial charge in [-0.25, -0.2) is 14.8 Å². The Balaban J connectivity index is 1.37. The van der Waals surface area contributed by atoms with Crippen molar-refractivity contribution in [2.24, 2.45) is 0 Å². The minimum Gasteiger partial charge on any atom is -0.462 e. The second-order valence-electron chi connectivity index (χ2n) is 7.65. The zero-order valence-electron chi connectivity index (χ0n) is 19.3. The Labute approximate surface area is 220 Å². The number of esters is 1. The third-order valence-electron chi connectivity index (χ3n) is 5.30. The minimum absolute atomic E-state index is 0.136. The van der Waals surface area contributed by atoms with Crippen molar-refractivity contribution in [2.45, 2.75) is 11.9 Å². The van der Waals surface area contributed by atoms with Crippen molar-refractivity contribution in [3.8, 4) is 21.6 Å². The molecule has 0 fully saturated rings. The van der Waals surface area contributed by atoms with E-state index in [4.69, 9.17) is 4.74 Å². The van der Waals surface area contributed by atoms with Crippen LogP contribution in [0.25, 0.3) is 31.8 Å². The number of anilines is 1. The van der Waals surface area contributed by atoms with Crippen molar-refractivity contribution < 1.29 is 14.3 Å². The quantitative estimate of drug-likeness (QED) is 0.132. The topological polar surface area (TPSA) is 81.2 Å². The summed E-state index contributed by atoms with van der Waals surface area (Å²) in [6.45, 7) is 2.01. The van der Waals surface area contributed by atoms with Crippen LogP contribution in [0.1, 0.15) is 17.3 Å². The third-order valence-corrected chi connectivity index (χ3v) is 8.27. The molecule has 180 valence electrons. The predicted octanol–water partition coefficient (Wildman–Crippen LogP) is 6.99. The molecule has 36 heavy (non-hydrogen) atoms. The molecule has 9 heteroatoms. The van der Waals surface area contributed by atoms with Crippen molar-refractivity contribution in [1.29, 1.82) is 0 Å². The summed E-state index contributed by atoms with van der Waals surface area (Å²) in [5, 5.41) is 7.16. The summed E-state index contributed by atoms with van der Waals surface area (Å²) in [6.07, 6.45) is 1.53. The van der Waals surface area contributed by atoms with Gasteiger partial charge in [-0.2, -0.15) is 0 Å². The van der Waals surface area contributed by atoms with Crippen LogP contribution >= 0.6 is 34.4 Å². The maximum Gasteiger partial charge on any atom is 0.341 e. The van der Waals surface area contributed by atoms with Gasteiger partial charge in [-0.3, -0.25) is 4.79 Å². The number of aromatic nitrogens is 2. The van der Waals surface area contributed by atoms with Gasteiger partial charge in [-0.15, -0.1) is 22.7 Å². The number of thiophene rings is 2. The highest BCUT2D eigenvalue weighted by Crippen LogP contribution is 2.39. The molecule has 0 atom stereocenters. The van der Waals surface area contributed by atoms with Crippen LogP contribution in [-0.2, 0) is 9.53 Å². The van der Waals surface area contributed by atoms with Gasteiger partial charge in [-0.1, -0.05) is 72.4 Å². The largest absolute Gasteiger partial charge is 0.462 e. The van der Waals surface area contributed by atoms with Gasteiger partial charge in [0, 0.05) is 15.8 Å². The molecule has 3 aromatic heterocycles. The normalized spacial score (nSPS) is 10.9. The average molecular weight is 532 g/mol. The van der Waals surface area contributed by atoms with Crippen molar-refractivity contribution in [2.75, 3.05) is 17.7 Å². The first-order valence-corrected chi connectivity index (χ1v) is 13.9. The molecule has 5 aromatic rings. The first-order chi connectivity index (χ1) is 17.6. The number of fused-ring (bicyclic) bond motifs is 1. The van der Waals surface area contributed by atoms with Crippen molar-refractivity contribution in [3.05, 3.63) is 84.0 Å². The van der Waals surface area contributed by atoms with Gasteiger partial charge in [0.15, 0.2) is 0 Å². The Morgan fingerprint density at radius 1 is 1.00 bits per heavy atom. The van der Waals surface area contributed by atoms with Crippen LogP contribution < -0.4 is 5.32 Å². The standard InChI is InChI=1S/C27H21N3O3S3/c1-2-33-27(32)19-13-21(18-11-7-4-8-12-18)36-24(19)30-22(31)15-35-26-23-20(17-9-5-3-6-10-17)14-34-25(23)28-16-29-26/h3-14,16H,2,15H2,1H3,(H,30,31). The van der Waals surface area contributed by atoms with E-state index in [0.29, 0.717) is 10.6 Å². The molecule has 0 saturated heterocycles. The van der Waals surface area contributed by atoms with Gasteiger partial charge in [-0.05, 0) is 24.1 Å². The predicted molar refractivity (Wildman–Crippen MR) is 148 cm³/mol. The highest BCUT2D eigenvalue weighted by Gasteiger charge is 2.21. The maximum absolute atomic E-state index is 13.0. The Morgan fingerprint density at radius 3 is 2.44 bits per heavy atom. The average Bonchev–Trinajstić information content (AvgIpc) is 3.54. The lowest BCUT2D eigenvalue weighted by molar-refractivity contribution is -0.113. The van der Waals surface area contributed by atoms with Crippen LogP contribution in [0.5, 0.6) is 0 Å². The lowest BCUT2D eigenvalue weighted by atomic mass is 10.1. The van der Waals surface area contributed by atoms with Gasteiger partial charge in [0.05, 0.1) is 23.3 Å². The highest BCUT2D eigenvalue weighted by molar-refractivity contribution is 8.00. The van der Waals surface area contributed by atoms with E-state index in [1.54, 1.807) is 24.3 Å². The number of thioether (sulfide) groups is 1. The molecule has 0 saturated carbocycles. The Kier molecular flexibility index (Phi) is 7.41. The van der Waals surface area contributed by atoms with E-state index < -0.39 is 5.97 Å². The molecule has 6 nitrogen and oxygen atoms in total. The van der Waals surface area contributed by atoms with E-state index in [1.807, 2.05) is 60.7 Å². The van der Waals surface area contributed by atoms with E-state index in [1.165, 1.54) is 29.4 Å². The molecule has 0 unspecified atom stereocenters. The Hall–Kier alpha value is -3.53. The number of carbonyl (C=O) groups excluding carboxylic acids is 2. The number of carbonyl (C=O) groups is 2. The molecule has 0 aliphatic heterocycles. The zero-order valence-corrected chi connectivity index (χ0v) is 21.7. The highest BCUT2D eigenvalue weighted by atomic mass is 32.2. The molecule has 0 bridgehead atoms. The van der Waals surface area contributed by atoms with Crippen LogP contribution in [0.3, 0.4) is 0 Å². The van der Waals surface area contributed by atoms with E-state index >= 15 is 0 Å². The van der Waals surface area contributed by atoms with Crippen molar-refractivity contribution >= 4 is 61.5 Å². The number of hydrogen-bond donors (Lipinski definition) is 1. The number of amides is 1. The number of nitrogens with one attached hydrogen (secondary N) is 1. The lowest BCUT2D eigenvalue weighted by Crippen LogP contribution is -2.16. The maximum atomic E-state index is 13.0. The van der Waals surface area contributed by atoms with Crippen LogP contribution in [0, 0.1) is 0 Å². The molecule has 3 heterocycles. The number of hydrogen-bond acceptors (Lipinski definition) is 8. The number of nitrogens with zero attached hydrogens (tertiary/aromatic N) is 2. The molecule has 1 N–H and O–H groups in total. The second kappa shape index (κ2) is 11.0. The number of ether oxygens (including phenoxy) is 1.